The van der Waals surface area contributed by atoms with Gasteiger partial charge < -0.3 is 10.6 Å². The summed E-state index contributed by atoms with van der Waals surface area (Å²) in [5.74, 6) is -1.50. The van der Waals surface area contributed by atoms with E-state index in [2.05, 4.69) is 15.6 Å². The van der Waals surface area contributed by atoms with Crippen LogP contribution in [0.25, 0.3) is 5.65 Å². The fourth-order valence-corrected chi connectivity index (χ4v) is 4.78. The number of nitrogens with zero attached hydrogens (tertiary/aromatic N) is 2. The van der Waals surface area contributed by atoms with Crippen LogP contribution in [0.3, 0.4) is 0 Å². The molecule has 1 amide bonds. The Morgan fingerprint density at radius 2 is 1.63 bits per heavy atom. The van der Waals surface area contributed by atoms with Crippen molar-refractivity contribution in [3.63, 3.8) is 0 Å². The molecular formula is C25H24F2N4O3S. The number of imidazole rings is 1. The van der Waals surface area contributed by atoms with Crippen molar-refractivity contribution in [1.82, 2.24) is 14.7 Å². The Kier molecular flexibility index (Phi) is 6.33. The van der Waals surface area contributed by atoms with Crippen molar-refractivity contribution in [2.75, 3.05) is 5.32 Å². The molecule has 10 heteroatoms. The average molecular weight is 499 g/mol. The lowest BCUT2D eigenvalue weighted by Crippen LogP contribution is -2.27. The third-order valence-corrected chi connectivity index (χ3v) is 6.85. The van der Waals surface area contributed by atoms with Crippen LogP contribution in [-0.4, -0.2) is 29.2 Å². The quantitative estimate of drug-likeness (QED) is 0.406. The van der Waals surface area contributed by atoms with E-state index in [-0.39, 0.29) is 22.9 Å². The number of rotatable bonds is 6. The van der Waals surface area contributed by atoms with Crippen LogP contribution in [0.2, 0.25) is 0 Å². The van der Waals surface area contributed by atoms with E-state index in [1.54, 1.807) is 28.9 Å². The number of benzene rings is 2. The number of aromatic nitrogens is 2. The Bertz CT molecular complexity index is 1490. The fraction of sp³-hybridized carbons (Fsp3) is 0.200. The second-order valence-corrected chi connectivity index (χ2v) is 11.0. The van der Waals surface area contributed by atoms with E-state index in [0.29, 0.717) is 22.8 Å². The molecule has 0 unspecified atom stereocenters. The largest absolute Gasteiger partial charge is 0.365 e. The Morgan fingerprint density at radius 1 is 0.971 bits per heavy atom. The molecule has 2 aromatic heterocycles. The maximum Gasteiger partial charge on any atom is 0.253 e. The molecule has 0 saturated carbocycles. The molecule has 2 N–H and O–H groups in total. The lowest BCUT2D eigenvalue weighted by molar-refractivity contribution is 0.0950. The van der Waals surface area contributed by atoms with Crippen molar-refractivity contribution in [1.29, 1.82) is 0 Å². The van der Waals surface area contributed by atoms with Gasteiger partial charge in [-0.2, -0.15) is 0 Å². The molecule has 4 rings (SSSR count). The minimum atomic E-state index is -4.09. The molecule has 35 heavy (non-hydrogen) atoms. The van der Waals surface area contributed by atoms with Crippen LogP contribution in [0, 0.1) is 11.6 Å². The van der Waals surface area contributed by atoms with Gasteiger partial charge in [-0.1, -0.05) is 12.1 Å². The molecule has 0 aliphatic rings. The first-order valence-electron chi connectivity index (χ1n) is 10.8. The Morgan fingerprint density at radius 3 is 2.26 bits per heavy atom. The topological polar surface area (TPSA) is 92.6 Å². The number of hydrogen-bond donors (Lipinski definition) is 2. The first kappa shape index (κ1) is 24.3. The second-order valence-electron chi connectivity index (χ2n) is 9.10. The number of halogens is 2. The SMILES string of the molecule is CC(C)(C)Nc1cnc2ccc(C(=O)NCc3ccc(S(=O)(=O)c4cc(F)cc(F)c4)cc3)cn12. The molecule has 0 fully saturated rings. The zero-order chi connectivity index (χ0) is 25.4. The third kappa shape index (κ3) is 5.48. The van der Waals surface area contributed by atoms with Gasteiger partial charge in [-0.05, 0) is 62.7 Å². The van der Waals surface area contributed by atoms with E-state index >= 15 is 0 Å². The number of sulfone groups is 1. The molecule has 2 heterocycles. The number of pyridine rings is 1. The zero-order valence-corrected chi connectivity index (χ0v) is 20.2. The summed E-state index contributed by atoms with van der Waals surface area (Å²) in [6.45, 7) is 6.23. The Hall–Kier alpha value is -3.79. The van der Waals surface area contributed by atoms with Crippen LogP contribution < -0.4 is 10.6 Å². The van der Waals surface area contributed by atoms with Crippen molar-refractivity contribution >= 4 is 27.2 Å². The number of anilines is 1. The molecule has 0 saturated heterocycles. The highest BCUT2D eigenvalue weighted by Gasteiger charge is 2.20. The highest BCUT2D eigenvalue weighted by atomic mass is 32.2. The average Bonchev–Trinajstić information content (AvgIpc) is 3.17. The van der Waals surface area contributed by atoms with Crippen molar-refractivity contribution in [3.05, 3.63) is 89.8 Å². The summed E-state index contributed by atoms with van der Waals surface area (Å²) in [6, 6.07) is 11.3. The van der Waals surface area contributed by atoms with Crippen LogP contribution in [0.1, 0.15) is 36.7 Å². The number of nitrogens with one attached hydrogen (secondary N) is 2. The smallest absolute Gasteiger partial charge is 0.253 e. The monoisotopic (exact) mass is 498 g/mol. The highest BCUT2D eigenvalue weighted by Crippen LogP contribution is 2.23. The van der Waals surface area contributed by atoms with Crippen molar-refractivity contribution in [2.24, 2.45) is 0 Å². The third-order valence-electron chi connectivity index (χ3n) is 5.10. The van der Waals surface area contributed by atoms with Gasteiger partial charge in [-0.25, -0.2) is 22.2 Å². The van der Waals surface area contributed by atoms with Gasteiger partial charge >= 0.3 is 0 Å². The van der Waals surface area contributed by atoms with Crippen molar-refractivity contribution in [3.8, 4) is 0 Å². The molecule has 4 aromatic rings. The molecule has 0 bridgehead atoms. The minimum absolute atomic E-state index is 0.109. The molecule has 182 valence electrons. The lowest BCUT2D eigenvalue weighted by Gasteiger charge is -2.21. The molecule has 0 aliphatic carbocycles. The Balaban J connectivity index is 1.47. The first-order chi connectivity index (χ1) is 16.4. The van der Waals surface area contributed by atoms with Gasteiger partial charge in [0.15, 0.2) is 0 Å². The van der Waals surface area contributed by atoms with Gasteiger partial charge in [0.05, 0.1) is 21.6 Å². The van der Waals surface area contributed by atoms with Crippen molar-refractivity contribution < 1.29 is 22.0 Å². The maximum atomic E-state index is 13.5. The normalized spacial score (nSPS) is 12.0. The summed E-state index contributed by atoms with van der Waals surface area (Å²) in [5.41, 5.74) is 1.60. The molecule has 2 aromatic carbocycles. The molecule has 0 atom stereocenters. The first-order valence-corrected chi connectivity index (χ1v) is 12.2. The minimum Gasteiger partial charge on any atom is -0.365 e. The number of amides is 1. The van der Waals surface area contributed by atoms with Gasteiger partial charge in [-0.15, -0.1) is 0 Å². The summed E-state index contributed by atoms with van der Waals surface area (Å²) in [7, 11) is -4.09. The van der Waals surface area contributed by atoms with E-state index in [4.69, 9.17) is 0 Å². The van der Waals surface area contributed by atoms with E-state index in [9.17, 15) is 22.0 Å². The van der Waals surface area contributed by atoms with E-state index in [0.717, 1.165) is 18.0 Å². The van der Waals surface area contributed by atoms with E-state index in [1.807, 2.05) is 20.8 Å². The number of carbonyl (C=O) groups excluding carboxylic acids is 1. The zero-order valence-electron chi connectivity index (χ0n) is 19.3. The Labute approximate surface area is 201 Å². The maximum absolute atomic E-state index is 13.5. The predicted octanol–water partition coefficient (Wildman–Crippen LogP) is 4.59. The van der Waals surface area contributed by atoms with Crippen LogP contribution in [-0.2, 0) is 16.4 Å². The summed E-state index contributed by atoms with van der Waals surface area (Å²) in [6.07, 6.45) is 3.40. The number of hydrogen-bond acceptors (Lipinski definition) is 5. The molecule has 7 nitrogen and oxygen atoms in total. The van der Waals surface area contributed by atoms with E-state index in [1.165, 1.54) is 24.3 Å². The second kappa shape index (κ2) is 9.10. The van der Waals surface area contributed by atoms with Gasteiger partial charge in [0.25, 0.3) is 5.91 Å². The van der Waals surface area contributed by atoms with Gasteiger partial charge in [0, 0.05) is 24.3 Å². The van der Waals surface area contributed by atoms with Crippen molar-refractivity contribution in [2.45, 2.75) is 42.6 Å². The molecule has 0 radical (unpaired) electrons. The number of carbonyl (C=O) groups is 1. The highest BCUT2D eigenvalue weighted by molar-refractivity contribution is 7.91. The van der Waals surface area contributed by atoms with Crippen LogP contribution >= 0.6 is 0 Å². The number of fused-ring (bicyclic) bond motifs is 1. The summed E-state index contributed by atoms with van der Waals surface area (Å²) < 4.78 is 54.1. The molecule has 0 aliphatic heterocycles. The molecular weight excluding hydrogens is 474 g/mol. The van der Waals surface area contributed by atoms with Gasteiger partial charge in [-0.3, -0.25) is 9.20 Å². The van der Waals surface area contributed by atoms with Crippen LogP contribution in [0.4, 0.5) is 14.6 Å². The van der Waals surface area contributed by atoms with Crippen LogP contribution in [0.5, 0.6) is 0 Å². The lowest BCUT2D eigenvalue weighted by atomic mass is 10.1. The predicted molar refractivity (Wildman–Crippen MR) is 128 cm³/mol. The van der Waals surface area contributed by atoms with Gasteiger partial charge in [0.1, 0.15) is 23.1 Å². The standard InChI is InChI=1S/C25H24F2N4O3S/c1-25(2,3)30-23-14-28-22-9-6-17(15-31(22)23)24(32)29-13-16-4-7-20(8-5-16)35(33,34)21-11-18(26)10-19(27)12-21/h4-12,14-15,30H,13H2,1-3H3,(H,29,32). The van der Waals surface area contributed by atoms with Crippen LogP contribution in [0.15, 0.2) is 76.8 Å². The summed E-state index contributed by atoms with van der Waals surface area (Å²) in [5, 5.41) is 6.14. The van der Waals surface area contributed by atoms with E-state index < -0.39 is 26.4 Å². The molecule has 0 spiro atoms. The summed E-state index contributed by atoms with van der Waals surface area (Å²) >= 11 is 0. The fourth-order valence-electron chi connectivity index (χ4n) is 3.48. The summed E-state index contributed by atoms with van der Waals surface area (Å²) in [4.78, 5) is 16.5. The van der Waals surface area contributed by atoms with Gasteiger partial charge in [0.2, 0.25) is 9.84 Å².